The van der Waals surface area contributed by atoms with Crippen molar-refractivity contribution in [1.29, 1.82) is 0 Å². The van der Waals surface area contributed by atoms with Crippen molar-refractivity contribution in [3.63, 3.8) is 0 Å². The van der Waals surface area contributed by atoms with Gasteiger partial charge in [0.2, 0.25) is 0 Å². The second-order valence-electron chi connectivity index (χ2n) is 16.0. The van der Waals surface area contributed by atoms with Gasteiger partial charge in [-0.05, 0) is 100 Å². The first-order valence-electron chi connectivity index (χ1n) is 21.3. The lowest BCUT2D eigenvalue weighted by Crippen LogP contribution is -2.10. The van der Waals surface area contributed by atoms with Crippen LogP contribution in [0.5, 0.6) is 5.75 Å². The molecule has 3 heteroatoms. The SMILES string of the molecule is CCCC(/N=C(\CC/C(C)=C\c1cccc2sc3ccccc3c12)c1ccccc1-c1ccc(-c2ccc3ccccc3c2)c2c1-c1ccccc1CO2)c1ccccc1. The van der Waals surface area contributed by atoms with Gasteiger partial charge in [-0.3, -0.25) is 4.99 Å². The van der Waals surface area contributed by atoms with E-state index in [9.17, 15) is 0 Å². The molecule has 9 aromatic rings. The number of ether oxygens (including phenoxy) is 1. The maximum atomic E-state index is 6.81. The van der Waals surface area contributed by atoms with Crippen LogP contribution in [0.3, 0.4) is 0 Å². The van der Waals surface area contributed by atoms with Crippen LogP contribution in [0.25, 0.3) is 70.4 Å². The number of nitrogens with zero attached hydrogens (tertiary/aromatic N) is 1. The highest BCUT2D eigenvalue weighted by Gasteiger charge is 2.27. The fraction of sp³-hybridized carbons (Fsp3) is 0.140. The third-order valence-electron chi connectivity index (χ3n) is 12.1. The van der Waals surface area contributed by atoms with Gasteiger partial charge < -0.3 is 4.74 Å². The number of aliphatic imine (C=N–C) groups is 1. The Bertz CT molecular complexity index is 3080. The Morgan fingerprint density at radius 1 is 0.650 bits per heavy atom. The maximum Gasteiger partial charge on any atom is 0.136 e. The zero-order valence-corrected chi connectivity index (χ0v) is 35.0. The van der Waals surface area contributed by atoms with Crippen LogP contribution in [0.1, 0.15) is 67.8 Å². The molecule has 0 spiro atoms. The minimum absolute atomic E-state index is 0.0581. The Hall–Kier alpha value is -6.55. The number of fused-ring (bicyclic) bond motifs is 7. The molecule has 1 unspecified atom stereocenters. The van der Waals surface area contributed by atoms with Crippen LogP contribution in [-0.2, 0) is 6.61 Å². The largest absolute Gasteiger partial charge is 0.488 e. The summed E-state index contributed by atoms with van der Waals surface area (Å²) >= 11 is 1.88. The molecular formula is C57H47NOS. The second-order valence-corrected chi connectivity index (χ2v) is 17.1. The van der Waals surface area contributed by atoms with Crippen molar-refractivity contribution < 1.29 is 4.74 Å². The van der Waals surface area contributed by atoms with Crippen molar-refractivity contribution in [1.82, 2.24) is 0 Å². The quantitative estimate of drug-likeness (QED) is 0.120. The first-order chi connectivity index (χ1) is 29.6. The smallest absolute Gasteiger partial charge is 0.136 e. The molecule has 0 bridgehead atoms. The highest BCUT2D eigenvalue weighted by Crippen LogP contribution is 2.50. The monoisotopic (exact) mass is 793 g/mol. The van der Waals surface area contributed by atoms with Crippen molar-refractivity contribution in [2.75, 3.05) is 0 Å². The van der Waals surface area contributed by atoms with Gasteiger partial charge in [0.05, 0.1) is 6.04 Å². The molecule has 0 amide bonds. The minimum atomic E-state index is 0.0581. The molecule has 8 aromatic carbocycles. The molecule has 0 aliphatic carbocycles. The summed E-state index contributed by atoms with van der Waals surface area (Å²) in [7, 11) is 0. The summed E-state index contributed by atoms with van der Waals surface area (Å²) < 4.78 is 9.48. The molecule has 2 nitrogen and oxygen atoms in total. The highest BCUT2D eigenvalue weighted by molar-refractivity contribution is 7.25. The van der Waals surface area contributed by atoms with Crippen LogP contribution in [0.4, 0.5) is 0 Å². The average molecular weight is 794 g/mol. The summed E-state index contributed by atoms with van der Waals surface area (Å²) in [4.78, 5) is 5.76. The van der Waals surface area contributed by atoms with Crippen LogP contribution in [0.15, 0.2) is 186 Å². The summed E-state index contributed by atoms with van der Waals surface area (Å²) in [5.41, 5.74) is 14.4. The zero-order valence-electron chi connectivity index (χ0n) is 34.2. The summed E-state index contributed by atoms with van der Waals surface area (Å²) in [6.45, 7) is 5.09. The molecule has 0 fully saturated rings. The molecule has 2 heterocycles. The lowest BCUT2D eigenvalue weighted by molar-refractivity contribution is 0.304. The van der Waals surface area contributed by atoms with E-state index in [2.05, 4.69) is 196 Å². The lowest BCUT2D eigenvalue weighted by atomic mass is 9.84. The van der Waals surface area contributed by atoms with E-state index in [0.717, 1.165) is 53.8 Å². The molecular weight excluding hydrogens is 747 g/mol. The Balaban J connectivity index is 1.11. The standard InChI is InChI=1S/C57H47NOS/c1-3-16-51(40-18-5-4-6-19-40)58-52(34-29-38(2)35-43-22-15-28-54-55(43)50-26-13-14-27-53(50)60-54)48-25-12-11-24-47(48)49-33-32-46(42-31-30-39-17-7-8-20-41(39)36-42)57-56(49)45-23-10-9-21-44(45)37-59-57/h4-15,17-28,30-33,35-36,51H,3,16,29,34,37H2,1-2H3/b38-35-,58-52+. The van der Waals surface area contributed by atoms with Crippen molar-refractivity contribution in [3.05, 3.63) is 204 Å². The number of hydrogen-bond acceptors (Lipinski definition) is 3. The summed E-state index contributed by atoms with van der Waals surface area (Å²) in [5.74, 6) is 0.942. The van der Waals surface area contributed by atoms with E-state index in [1.165, 1.54) is 75.5 Å². The van der Waals surface area contributed by atoms with Crippen molar-refractivity contribution >= 4 is 54.1 Å². The average Bonchev–Trinajstić information content (AvgIpc) is 3.69. The van der Waals surface area contributed by atoms with E-state index in [4.69, 9.17) is 9.73 Å². The van der Waals surface area contributed by atoms with Gasteiger partial charge in [0.25, 0.3) is 0 Å². The summed E-state index contributed by atoms with van der Waals surface area (Å²) in [6.07, 6.45) is 6.14. The Labute approximate surface area is 357 Å². The Morgan fingerprint density at radius 2 is 1.38 bits per heavy atom. The van der Waals surface area contributed by atoms with Gasteiger partial charge in [0.15, 0.2) is 0 Å². The fourth-order valence-corrected chi connectivity index (χ4v) is 10.2. The molecule has 0 saturated heterocycles. The van der Waals surface area contributed by atoms with Gasteiger partial charge in [0, 0.05) is 42.6 Å². The third-order valence-corrected chi connectivity index (χ3v) is 13.2. The second kappa shape index (κ2) is 16.6. The first kappa shape index (κ1) is 37.7. The van der Waals surface area contributed by atoms with E-state index >= 15 is 0 Å². The molecule has 0 N–H and O–H groups in total. The van der Waals surface area contributed by atoms with Crippen molar-refractivity contribution in [2.45, 2.75) is 52.2 Å². The number of rotatable bonds is 11. The summed E-state index contributed by atoms with van der Waals surface area (Å²) in [5, 5.41) is 5.14. The van der Waals surface area contributed by atoms with Gasteiger partial charge in [-0.25, -0.2) is 0 Å². The molecule has 1 aliphatic heterocycles. The molecule has 1 aliphatic rings. The van der Waals surface area contributed by atoms with Gasteiger partial charge in [-0.2, -0.15) is 0 Å². The lowest BCUT2D eigenvalue weighted by Gasteiger charge is -2.27. The molecule has 0 radical (unpaired) electrons. The number of benzene rings is 8. The van der Waals surface area contributed by atoms with Gasteiger partial charge in [-0.15, -0.1) is 11.3 Å². The van der Waals surface area contributed by atoms with Crippen LogP contribution in [-0.4, -0.2) is 5.71 Å². The molecule has 1 aromatic heterocycles. The predicted octanol–water partition coefficient (Wildman–Crippen LogP) is 16.3. The third kappa shape index (κ3) is 7.24. The van der Waals surface area contributed by atoms with Crippen LogP contribution >= 0.6 is 11.3 Å². The zero-order chi connectivity index (χ0) is 40.4. The van der Waals surface area contributed by atoms with Crippen LogP contribution < -0.4 is 4.74 Å². The number of thiophene rings is 1. The van der Waals surface area contributed by atoms with Gasteiger partial charge in [-0.1, -0.05) is 177 Å². The van der Waals surface area contributed by atoms with E-state index in [1.807, 2.05) is 11.3 Å². The topological polar surface area (TPSA) is 21.6 Å². The molecule has 60 heavy (non-hydrogen) atoms. The van der Waals surface area contributed by atoms with Crippen molar-refractivity contribution in [2.24, 2.45) is 4.99 Å². The maximum absolute atomic E-state index is 6.81. The molecule has 10 rings (SSSR count). The first-order valence-corrected chi connectivity index (χ1v) is 22.1. The molecule has 292 valence electrons. The number of allylic oxidation sites excluding steroid dienone is 1. The normalized spacial score (nSPS) is 13.3. The molecule has 0 saturated carbocycles. The van der Waals surface area contributed by atoms with Crippen LogP contribution in [0, 0.1) is 0 Å². The Morgan fingerprint density at radius 3 is 2.27 bits per heavy atom. The van der Waals surface area contributed by atoms with E-state index < -0.39 is 0 Å². The predicted molar refractivity (Wildman–Crippen MR) is 257 cm³/mol. The highest BCUT2D eigenvalue weighted by atomic mass is 32.1. The summed E-state index contributed by atoms with van der Waals surface area (Å²) in [6, 6.07) is 64.0. The minimum Gasteiger partial charge on any atom is -0.488 e. The Kier molecular flexibility index (Phi) is 10.4. The van der Waals surface area contributed by atoms with Gasteiger partial charge >= 0.3 is 0 Å². The number of hydrogen-bond donors (Lipinski definition) is 0. The van der Waals surface area contributed by atoms with Crippen molar-refractivity contribution in [3.8, 4) is 39.1 Å². The van der Waals surface area contributed by atoms with E-state index in [1.54, 1.807) is 0 Å². The van der Waals surface area contributed by atoms with E-state index in [-0.39, 0.29) is 6.04 Å². The van der Waals surface area contributed by atoms with E-state index in [0.29, 0.717) is 6.61 Å². The van der Waals surface area contributed by atoms with Gasteiger partial charge in [0.1, 0.15) is 12.4 Å². The van der Waals surface area contributed by atoms with Crippen LogP contribution in [0.2, 0.25) is 0 Å². The fourth-order valence-electron chi connectivity index (χ4n) is 9.10. The molecule has 1 atom stereocenters.